The van der Waals surface area contributed by atoms with E-state index in [9.17, 15) is 0 Å². The maximum atomic E-state index is 4.48. The smallest absolute Gasteiger partial charge is 0.0641 e. The standard InChI is InChI=1S/C17H29N3/c1-11(14-10-20(6)19-12(14)2)18-15-9-13-7-8-17(15,5)16(13,3)4/h10-11,13,15,18H,7-9H2,1-6H3. The highest BCUT2D eigenvalue weighted by Crippen LogP contribution is 2.65. The summed E-state index contributed by atoms with van der Waals surface area (Å²) in [5.74, 6) is 0.896. The van der Waals surface area contributed by atoms with Crippen LogP contribution in [0.5, 0.6) is 0 Å². The number of aryl methyl sites for hydroxylation is 2. The van der Waals surface area contributed by atoms with Crippen molar-refractivity contribution in [2.24, 2.45) is 23.8 Å². The molecule has 1 heterocycles. The Morgan fingerprint density at radius 2 is 2.10 bits per heavy atom. The SMILES string of the molecule is Cc1nn(C)cc1C(C)NC1CC2CCC1(C)C2(C)C. The zero-order valence-electron chi connectivity index (χ0n) is 13.8. The molecule has 0 amide bonds. The number of fused-ring (bicyclic) bond motifs is 2. The molecule has 0 spiro atoms. The van der Waals surface area contributed by atoms with Gasteiger partial charge in [-0.1, -0.05) is 20.8 Å². The van der Waals surface area contributed by atoms with Crippen molar-refractivity contribution in [1.29, 1.82) is 0 Å². The molecule has 1 aromatic rings. The second-order valence-electron chi connectivity index (χ2n) is 7.89. The van der Waals surface area contributed by atoms with Crippen LogP contribution in [-0.2, 0) is 7.05 Å². The van der Waals surface area contributed by atoms with E-state index in [1.807, 2.05) is 11.7 Å². The first-order valence-electron chi connectivity index (χ1n) is 8.02. The van der Waals surface area contributed by atoms with Gasteiger partial charge in [-0.05, 0) is 49.9 Å². The molecule has 1 aromatic heterocycles. The third-order valence-electron chi connectivity index (χ3n) is 6.76. The zero-order chi connectivity index (χ0) is 14.7. The second-order valence-corrected chi connectivity index (χ2v) is 7.89. The molecule has 3 nitrogen and oxygen atoms in total. The number of nitrogens with one attached hydrogen (secondary N) is 1. The van der Waals surface area contributed by atoms with Crippen molar-refractivity contribution >= 4 is 0 Å². The average molecular weight is 275 g/mol. The maximum absolute atomic E-state index is 4.48. The van der Waals surface area contributed by atoms with Crippen LogP contribution >= 0.6 is 0 Å². The molecular formula is C17H29N3. The van der Waals surface area contributed by atoms with Crippen molar-refractivity contribution in [1.82, 2.24) is 15.1 Å². The van der Waals surface area contributed by atoms with Gasteiger partial charge in [0.15, 0.2) is 0 Å². The average Bonchev–Trinajstić information content (AvgIpc) is 2.86. The molecular weight excluding hydrogens is 246 g/mol. The van der Waals surface area contributed by atoms with E-state index in [0.717, 1.165) is 11.6 Å². The first-order chi connectivity index (χ1) is 9.25. The summed E-state index contributed by atoms with van der Waals surface area (Å²) in [4.78, 5) is 0. The van der Waals surface area contributed by atoms with Crippen LogP contribution in [0.1, 0.15) is 64.3 Å². The third kappa shape index (κ3) is 1.78. The summed E-state index contributed by atoms with van der Waals surface area (Å²) in [5.41, 5.74) is 3.42. The fourth-order valence-electron chi connectivity index (χ4n) is 4.89. The first kappa shape index (κ1) is 14.1. The second kappa shape index (κ2) is 4.33. The van der Waals surface area contributed by atoms with Crippen LogP contribution in [0.25, 0.3) is 0 Å². The van der Waals surface area contributed by atoms with Crippen molar-refractivity contribution in [3.05, 3.63) is 17.5 Å². The van der Waals surface area contributed by atoms with Crippen LogP contribution in [0.2, 0.25) is 0 Å². The minimum atomic E-state index is 0.390. The topological polar surface area (TPSA) is 29.9 Å². The molecule has 112 valence electrons. The predicted molar refractivity (Wildman–Crippen MR) is 82.5 cm³/mol. The lowest BCUT2D eigenvalue weighted by Crippen LogP contribution is -2.45. The summed E-state index contributed by atoms with van der Waals surface area (Å²) in [7, 11) is 2.01. The molecule has 0 radical (unpaired) electrons. The number of nitrogens with zero attached hydrogens (tertiary/aromatic N) is 2. The monoisotopic (exact) mass is 275 g/mol. The first-order valence-corrected chi connectivity index (χ1v) is 8.02. The predicted octanol–water partition coefficient (Wildman–Crippen LogP) is 3.59. The largest absolute Gasteiger partial charge is 0.307 e. The van der Waals surface area contributed by atoms with Crippen molar-refractivity contribution in [2.75, 3.05) is 0 Å². The summed E-state index contributed by atoms with van der Waals surface area (Å²) >= 11 is 0. The van der Waals surface area contributed by atoms with Gasteiger partial charge in [-0.3, -0.25) is 4.68 Å². The lowest BCUT2D eigenvalue weighted by Gasteiger charge is -2.40. The fraction of sp³-hybridized carbons (Fsp3) is 0.824. The van der Waals surface area contributed by atoms with Crippen molar-refractivity contribution in [3.8, 4) is 0 Å². The minimum Gasteiger partial charge on any atom is -0.307 e. The molecule has 2 bridgehead atoms. The molecule has 3 rings (SSSR count). The molecule has 4 atom stereocenters. The van der Waals surface area contributed by atoms with Crippen molar-refractivity contribution < 1.29 is 0 Å². The van der Waals surface area contributed by atoms with Gasteiger partial charge in [0.1, 0.15) is 0 Å². The van der Waals surface area contributed by atoms with Crippen LogP contribution in [-0.4, -0.2) is 15.8 Å². The quantitative estimate of drug-likeness (QED) is 0.913. The summed E-state index contributed by atoms with van der Waals surface area (Å²) in [5, 5.41) is 8.40. The molecule has 0 aromatic carbocycles. The molecule has 20 heavy (non-hydrogen) atoms. The van der Waals surface area contributed by atoms with Gasteiger partial charge in [-0.25, -0.2) is 0 Å². The van der Waals surface area contributed by atoms with E-state index >= 15 is 0 Å². The summed E-state index contributed by atoms with van der Waals surface area (Å²) in [6.45, 7) is 11.9. The van der Waals surface area contributed by atoms with Crippen LogP contribution < -0.4 is 5.32 Å². The van der Waals surface area contributed by atoms with Gasteiger partial charge in [0, 0.05) is 30.9 Å². The molecule has 0 aliphatic heterocycles. The highest BCUT2D eigenvalue weighted by atomic mass is 15.3. The van der Waals surface area contributed by atoms with E-state index in [2.05, 4.69) is 51.2 Å². The maximum Gasteiger partial charge on any atom is 0.0641 e. The van der Waals surface area contributed by atoms with E-state index in [-0.39, 0.29) is 0 Å². The van der Waals surface area contributed by atoms with Gasteiger partial charge in [-0.15, -0.1) is 0 Å². The van der Waals surface area contributed by atoms with Crippen molar-refractivity contribution in [3.63, 3.8) is 0 Å². The summed E-state index contributed by atoms with van der Waals surface area (Å²) in [6.07, 6.45) is 6.30. The van der Waals surface area contributed by atoms with E-state index < -0.39 is 0 Å². The number of hydrogen-bond acceptors (Lipinski definition) is 2. The highest BCUT2D eigenvalue weighted by Gasteiger charge is 2.61. The van der Waals surface area contributed by atoms with Gasteiger partial charge in [-0.2, -0.15) is 5.10 Å². The van der Waals surface area contributed by atoms with Gasteiger partial charge in [0.25, 0.3) is 0 Å². The van der Waals surface area contributed by atoms with Gasteiger partial charge < -0.3 is 5.32 Å². The van der Waals surface area contributed by atoms with Gasteiger partial charge in [0.2, 0.25) is 0 Å². The van der Waals surface area contributed by atoms with Crippen molar-refractivity contribution in [2.45, 2.75) is 66.0 Å². The Morgan fingerprint density at radius 3 is 2.55 bits per heavy atom. The molecule has 1 N–H and O–H groups in total. The van der Waals surface area contributed by atoms with Crippen LogP contribution in [0.15, 0.2) is 6.20 Å². The molecule has 2 aliphatic carbocycles. The summed E-state index contributed by atoms with van der Waals surface area (Å²) < 4.78 is 1.93. The third-order valence-corrected chi connectivity index (χ3v) is 6.76. The van der Waals surface area contributed by atoms with Crippen LogP contribution in [0.4, 0.5) is 0 Å². The minimum absolute atomic E-state index is 0.390. The Labute approximate surface area is 123 Å². The Hall–Kier alpha value is -0.830. The molecule has 0 saturated heterocycles. The fourth-order valence-corrected chi connectivity index (χ4v) is 4.89. The molecule has 4 unspecified atom stereocenters. The Bertz CT molecular complexity index is 516. The summed E-state index contributed by atoms with van der Waals surface area (Å²) in [6, 6.07) is 1.03. The Kier molecular flexibility index (Phi) is 3.06. The van der Waals surface area contributed by atoms with E-state index in [4.69, 9.17) is 0 Å². The lowest BCUT2D eigenvalue weighted by atomic mass is 9.69. The van der Waals surface area contributed by atoms with Crippen LogP contribution in [0, 0.1) is 23.7 Å². The number of hydrogen-bond donors (Lipinski definition) is 1. The number of aromatic nitrogens is 2. The normalized spacial score (nSPS) is 36.5. The Balaban J connectivity index is 1.78. The molecule has 2 aliphatic rings. The Morgan fingerprint density at radius 1 is 1.40 bits per heavy atom. The van der Waals surface area contributed by atoms with Gasteiger partial charge >= 0.3 is 0 Å². The molecule has 3 heteroatoms. The van der Waals surface area contributed by atoms with Gasteiger partial charge in [0.05, 0.1) is 5.69 Å². The number of rotatable bonds is 3. The van der Waals surface area contributed by atoms with E-state index in [0.29, 0.717) is 22.9 Å². The molecule has 2 fully saturated rings. The van der Waals surface area contributed by atoms with Crippen LogP contribution in [0.3, 0.4) is 0 Å². The van der Waals surface area contributed by atoms with E-state index in [1.165, 1.54) is 24.8 Å². The van der Waals surface area contributed by atoms with E-state index in [1.54, 1.807) is 0 Å². The zero-order valence-corrected chi connectivity index (χ0v) is 13.8. The molecule has 2 saturated carbocycles. The highest BCUT2D eigenvalue weighted by molar-refractivity contribution is 5.21. The lowest BCUT2D eigenvalue weighted by molar-refractivity contribution is 0.116.